The zero-order valence-electron chi connectivity index (χ0n) is 12.9. The molecule has 1 amide bonds. The topological polar surface area (TPSA) is 79.4 Å². The number of sulfonamides is 1. The van der Waals surface area contributed by atoms with Crippen molar-refractivity contribution in [2.24, 2.45) is 0 Å². The molecule has 23 heavy (non-hydrogen) atoms. The fourth-order valence-electron chi connectivity index (χ4n) is 1.91. The number of benzene rings is 1. The molecule has 1 aromatic heterocycles. The molecule has 0 unspecified atom stereocenters. The number of carbonyl (C=O) groups is 1. The summed E-state index contributed by atoms with van der Waals surface area (Å²) in [6.07, 6.45) is 1.56. The van der Waals surface area contributed by atoms with Gasteiger partial charge in [-0.3, -0.25) is 4.79 Å². The van der Waals surface area contributed by atoms with Crippen LogP contribution in [0.5, 0.6) is 0 Å². The van der Waals surface area contributed by atoms with E-state index >= 15 is 0 Å². The van der Waals surface area contributed by atoms with Gasteiger partial charge in [0.05, 0.1) is 10.5 Å². The molecule has 2 aromatic rings. The molecule has 2 rings (SSSR count). The average molecular weight is 398 g/mol. The minimum absolute atomic E-state index is 0.158. The van der Waals surface area contributed by atoms with Gasteiger partial charge in [0.15, 0.2) is 0 Å². The number of aromatic nitrogens is 1. The van der Waals surface area contributed by atoms with E-state index in [0.717, 1.165) is 4.31 Å². The van der Waals surface area contributed by atoms with Gasteiger partial charge in [-0.1, -0.05) is 6.07 Å². The summed E-state index contributed by atoms with van der Waals surface area (Å²) >= 11 is 3.21. The largest absolute Gasteiger partial charge is 0.322 e. The number of nitrogens with zero attached hydrogens (tertiary/aromatic N) is 2. The molecule has 0 saturated carbocycles. The number of anilines is 1. The molecule has 0 aliphatic heterocycles. The van der Waals surface area contributed by atoms with Crippen molar-refractivity contribution in [1.82, 2.24) is 9.29 Å². The van der Waals surface area contributed by atoms with Crippen molar-refractivity contribution in [3.63, 3.8) is 0 Å². The number of aryl methyl sites for hydroxylation is 1. The molecule has 0 aliphatic carbocycles. The lowest BCUT2D eigenvalue weighted by atomic mass is 10.2. The van der Waals surface area contributed by atoms with Crippen molar-refractivity contribution in [2.45, 2.75) is 11.8 Å². The molecule has 0 spiro atoms. The van der Waals surface area contributed by atoms with Crippen LogP contribution in [0.3, 0.4) is 0 Å². The van der Waals surface area contributed by atoms with Crippen LogP contribution < -0.4 is 5.32 Å². The number of hydrogen-bond donors (Lipinski definition) is 1. The van der Waals surface area contributed by atoms with Crippen LogP contribution in [-0.4, -0.2) is 37.7 Å². The fraction of sp³-hybridized carbons (Fsp3) is 0.200. The number of amides is 1. The fourth-order valence-corrected chi connectivity index (χ4v) is 3.48. The lowest BCUT2D eigenvalue weighted by Gasteiger charge is -2.15. The summed E-state index contributed by atoms with van der Waals surface area (Å²) in [6, 6.07) is 8.04. The molecule has 1 N–H and O–H groups in total. The lowest BCUT2D eigenvalue weighted by molar-refractivity contribution is 0.102. The maximum atomic E-state index is 12.3. The van der Waals surface area contributed by atoms with Gasteiger partial charge in [-0.15, -0.1) is 0 Å². The molecule has 0 atom stereocenters. The van der Waals surface area contributed by atoms with Gasteiger partial charge in [-0.2, -0.15) is 0 Å². The van der Waals surface area contributed by atoms with Gasteiger partial charge in [0, 0.05) is 26.0 Å². The molecule has 0 bridgehead atoms. The number of rotatable bonds is 4. The zero-order valence-corrected chi connectivity index (χ0v) is 15.3. The van der Waals surface area contributed by atoms with E-state index in [0.29, 0.717) is 21.4 Å². The maximum absolute atomic E-state index is 12.3. The van der Waals surface area contributed by atoms with Gasteiger partial charge in [-0.25, -0.2) is 17.7 Å². The second-order valence-corrected chi connectivity index (χ2v) is 7.93. The second-order valence-electron chi connectivity index (χ2n) is 5.06. The molecule has 1 heterocycles. The standard InChI is InChI=1S/C15H16BrN3O3S/c1-10-6-7-11(9-13(10)23(21,22)19(2)3)18-15(20)12-5-4-8-17-14(12)16/h4-9H,1-3H3,(H,18,20). The van der Waals surface area contributed by atoms with Crippen molar-refractivity contribution >= 4 is 37.5 Å². The number of hydrogen-bond acceptors (Lipinski definition) is 4. The Morgan fingerprint density at radius 3 is 2.57 bits per heavy atom. The van der Waals surface area contributed by atoms with E-state index in [4.69, 9.17) is 0 Å². The Morgan fingerprint density at radius 2 is 1.96 bits per heavy atom. The third-order valence-electron chi connectivity index (χ3n) is 3.21. The van der Waals surface area contributed by atoms with Crippen molar-refractivity contribution in [3.05, 3.63) is 52.3 Å². The first-order valence-corrected chi connectivity index (χ1v) is 8.92. The molecule has 0 aliphatic rings. The zero-order chi connectivity index (χ0) is 17.2. The number of halogens is 1. The van der Waals surface area contributed by atoms with Gasteiger partial charge >= 0.3 is 0 Å². The summed E-state index contributed by atoms with van der Waals surface area (Å²) in [5.41, 5.74) is 1.38. The van der Waals surface area contributed by atoms with Crippen LogP contribution in [0.2, 0.25) is 0 Å². The highest BCUT2D eigenvalue weighted by molar-refractivity contribution is 9.10. The van der Waals surface area contributed by atoms with E-state index in [2.05, 4.69) is 26.2 Å². The van der Waals surface area contributed by atoms with Crippen LogP contribution in [0.25, 0.3) is 0 Å². The summed E-state index contributed by atoms with van der Waals surface area (Å²) in [7, 11) is -0.648. The van der Waals surface area contributed by atoms with Crippen molar-refractivity contribution in [2.75, 3.05) is 19.4 Å². The van der Waals surface area contributed by atoms with Crippen LogP contribution in [0.4, 0.5) is 5.69 Å². The van der Waals surface area contributed by atoms with E-state index in [1.54, 1.807) is 37.4 Å². The Balaban J connectivity index is 2.36. The summed E-state index contributed by atoms with van der Waals surface area (Å²) < 4.78 is 26.2. The number of nitrogens with one attached hydrogen (secondary N) is 1. The summed E-state index contributed by atoms with van der Waals surface area (Å²) in [4.78, 5) is 16.4. The van der Waals surface area contributed by atoms with E-state index in [9.17, 15) is 13.2 Å². The third-order valence-corrected chi connectivity index (χ3v) is 5.80. The first-order chi connectivity index (χ1) is 10.7. The summed E-state index contributed by atoms with van der Waals surface area (Å²) in [6.45, 7) is 1.71. The minimum Gasteiger partial charge on any atom is -0.322 e. The van der Waals surface area contributed by atoms with Gasteiger partial charge < -0.3 is 5.32 Å². The van der Waals surface area contributed by atoms with E-state index in [-0.39, 0.29) is 10.8 Å². The number of pyridine rings is 1. The van der Waals surface area contributed by atoms with Gasteiger partial charge in [0.2, 0.25) is 10.0 Å². The molecule has 0 radical (unpaired) electrons. The Kier molecular flexibility index (Phi) is 5.18. The molecular formula is C15H16BrN3O3S. The molecule has 6 nitrogen and oxygen atoms in total. The predicted molar refractivity (Wildman–Crippen MR) is 91.9 cm³/mol. The quantitative estimate of drug-likeness (QED) is 0.804. The Labute approximate surface area is 143 Å². The van der Waals surface area contributed by atoms with Crippen LogP contribution >= 0.6 is 15.9 Å². The molecule has 0 fully saturated rings. The van der Waals surface area contributed by atoms with Gasteiger partial charge in [-0.05, 0) is 52.7 Å². The maximum Gasteiger partial charge on any atom is 0.258 e. The smallest absolute Gasteiger partial charge is 0.258 e. The Hall–Kier alpha value is -1.77. The highest BCUT2D eigenvalue weighted by atomic mass is 79.9. The van der Waals surface area contributed by atoms with Crippen LogP contribution in [0.15, 0.2) is 46.0 Å². The van der Waals surface area contributed by atoms with Gasteiger partial charge in [0.1, 0.15) is 4.60 Å². The number of carbonyl (C=O) groups excluding carboxylic acids is 1. The van der Waals surface area contributed by atoms with Crippen molar-refractivity contribution in [1.29, 1.82) is 0 Å². The van der Waals surface area contributed by atoms with Crippen molar-refractivity contribution in [3.8, 4) is 0 Å². The Bertz CT molecular complexity index is 851. The first-order valence-electron chi connectivity index (χ1n) is 6.68. The highest BCUT2D eigenvalue weighted by Gasteiger charge is 2.20. The van der Waals surface area contributed by atoms with E-state index < -0.39 is 10.0 Å². The second kappa shape index (κ2) is 6.77. The molecular weight excluding hydrogens is 382 g/mol. The summed E-state index contributed by atoms with van der Waals surface area (Å²) in [5, 5.41) is 2.69. The van der Waals surface area contributed by atoms with E-state index in [1.807, 2.05) is 0 Å². The average Bonchev–Trinajstić information content (AvgIpc) is 2.49. The lowest BCUT2D eigenvalue weighted by Crippen LogP contribution is -2.23. The minimum atomic E-state index is -3.58. The molecule has 8 heteroatoms. The monoisotopic (exact) mass is 397 g/mol. The van der Waals surface area contributed by atoms with Crippen LogP contribution in [0.1, 0.15) is 15.9 Å². The van der Waals surface area contributed by atoms with Crippen molar-refractivity contribution < 1.29 is 13.2 Å². The Morgan fingerprint density at radius 1 is 1.26 bits per heavy atom. The first kappa shape index (κ1) is 17.6. The molecule has 122 valence electrons. The predicted octanol–water partition coefficient (Wildman–Crippen LogP) is 2.66. The van der Waals surface area contributed by atoms with Crippen LogP contribution in [0, 0.1) is 6.92 Å². The third kappa shape index (κ3) is 3.77. The molecule has 1 aromatic carbocycles. The van der Waals surface area contributed by atoms with Gasteiger partial charge in [0.25, 0.3) is 5.91 Å². The van der Waals surface area contributed by atoms with E-state index in [1.165, 1.54) is 20.2 Å². The normalized spacial score (nSPS) is 11.5. The highest BCUT2D eigenvalue weighted by Crippen LogP contribution is 2.23. The van der Waals surface area contributed by atoms with Crippen LogP contribution in [-0.2, 0) is 10.0 Å². The molecule has 0 saturated heterocycles. The summed E-state index contributed by atoms with van der Waals surface area (Å²) in [5.74, 6) is -0.373. The SMILES string of the molecule is Cc1ccc(NC(=O)c2cccnc2Br)cc1S(=O)(=O)N(C)C.